The SMILES string of the molecule is Nc1cc(C(=O)O)ccc1NCC1Cc2ccccc2O1. The number of fused-ring (bicyclic) bond motifs is 1. The third kappa shape index (κ3) is 2.76. The van der Waals surface area contributed by atoms with Gasteiger partial charge in [0.15, 0.2) is 0 Å². The predicted octanol–water partition coefficient (Wildman–Crippen LogP) is 2.38. The van der Waals surface area contributed by atoms with Crippen molar-refractivity contribution >= 4 is 17.3 Å². The summed E-state index contributed by atoms with van der Waals surface area (Å²) in [5.41, 5.74) is 8.39. The molecule has 5 nitrogen and oxygen atoms in total. The van der Waals surface area contributed by atoms with E-state index in [1.807, 2.05) is 18.2 Å². The Bertz CT molecular complexity index is 660. The third-order valence-corrected chi connectivity index (χ3v) is 3.53. The second-order valence-corrected chi connectivity index (χ2v) is 5.04. The Morgan fingerprint density at radius 1 is 1.33 bits per heavy atom. The number of rotatable bonds is 4. The number of carbonyl (C=O) groups is 1. The number of benzene rings is 2. The van der Waals surface area contributed by atoms with Gasteiger partial charge in [-0.3, -0.25) is 0 Å². The van der Waals surface area contributed by atoms with Gasteiger partial charge in [0, 0.05) is 6.42 Å². The van der Waals surface area contributed by atoms with Crippen LogP contribution >= 0.6 is 0 Å². The first kappa shape index (κ1) is 13.3. The molecule has 5 heteroatoms. The molecule has 0 spiro atoms. The fraction of sp³-hybridized carbons (Fsp3) is 0.188. The number of para-hydroxylation sites is 1. The third-order valence-electron chi connectivity index (χ3n) is 3.53. The maximum Gasteiger partial charge on any atom is 0.335 e. The monoisotopic (exact) mass is 284 g/mol. The molecule has 0 radical (unpaired) electrons. The van der Waals surface area contributed by atoms with Gasteiger partial charge in [-0.1, -0.05) is 18.2 Å². The summed E-state index contributed by atoms with van der Waals surface area (Å²) in [6, 6.07) is 12.6. The van der Waals surface area contributed by atoms with E-state index in [4.69, 9.17) is 15.6 Å². The number of nitrogens with one attached hydrogen (secondary N) is 1. The maximum atomic E-state index is 10.9. The summed E-state index contributed by atoms with van der Waals surface area (Å²) < 4.78 is 5.83. The maximum absolute atomic E-state index is 10.9. The Morgan fingerprint density at radius 2 is 2.14 bits per heavy atom. The number of hydrogen-bond acceptors (Lipinski definition) is 4. The number of anilines is 2. The lowest BCUT2D eigenvalue weighted by Gasteiger charge is -2.14. The van der Waals surface area contributed by atoms with Crippen LogP contribution in [0.25, 0.3) is 0 Å². The molecule has 3 rings (SSSR count). The molecule has 0 saturated carbocycles. The van der Waals surface area contributed by atoms with Crippen molar-refractivity contribution in [2.75, 3.05) is 17.6 Å². The molecule has 1 atom stereocenters. The first-order valence-electron chi connectivity index (χ1n) is 6.75. The Balaban J connectivity index is 1.63. The van der Waals surface area contributed by atoms with Crippen LogP contribution in [0.2, 0.25) is 0 Å². The molecule has 0 amide bonds. The van der Waals surface area contributed by atoms with Crippen molar-refractivity contribution < 1.29 is 14.6 Å². The molecule has 0 saturated heterocycles. The number of nitrogens with two attached hydrogens (primary N) is 1. The molecule has 108 valence electrons. The van der Waals surface area contributed by atoms with Gasteiger partial charge in [0.2, 0.25) is 0 Å². The lowest BCUT2D eigenvalue weighted by molar-refractivity contribution is 0.0697. The minimum atomic E-state index is -0.983. The lowest BCUT2D eigenvalue weighted by Crippen LogP contribution is -2.24. The van der Waals surface area contributed by atoms with Gasteiger partial charge in [0.25, 0.3) is 0 Å². The summed E-state index contributed by atoms with van der Waals surface area (Å²) >= 11 is 0. The second kappa shape index (κ2) is 5.36. The van der Waals surface area contributed by atoms with Crippen molar-refractivity contribution in [3.8, 4) is 5.75 Å². The van der Waals surface area contributed by atoms with E-state index in [0.29, 0.717) is 12.2 Å². The van der Waals surface area contributed by atoms with Gasteiger partial charge in [-0.2, -0.15) is 0 Å². The quantitative estimate of drug-likeness (QED) is 0.751. The Morgan fingerprint density at radius 3 is 2.86 bits per heavy atom. The molecule has 1 heterocycles. The highest BCUT2D eigenvalue weighted by atomic mass is 16.5. The largest absolute Gasteiger partial charge is 0.488 e. The van der Waals surface area contributed by atoms with E-state index in [2.05, 4.69) is 11.4 Å². The zero-order valence-corrected chi connectivity index (χ0v) is 11.4. The highest BCUT2D eigenvalue weighted by molar-refractivity contribution is 5.90. The zero-order chi connectivity index (χ0) is 14.8. The molecule has 0 aliphatic carbocycles. The molecule has 2 aromatic carbocycles. The Kier molecular flexibility index (Phi) is 3.39. The molecule has 4 N–H and O–H groups in total. The number of carboxylic acid groups (broad SMARTS) is 1. The average molecular weight is 284 g/mol. The zero-order valence-electron chi connectivity index (χ0n) is 11.4. The van der Waals surface area contributed by atoms with Crippen LogP contribution in [0.3, 0.4) is 0 Å². The van der Waals surface area contributed by atoms with E-state index in [1.54, 1.807) is 6.07 Å². The van der Waals surface area contributed by atoms with Gasteiger partial charge in [-0.05, 0) is 29.8 Å². The molecular weight excluding hydrogens is 268 g/mol. The molecule has 21 heavy (non-hydrogen) atoms. The summed E-state index contributed by atoms with van der Waals surface area (Å²) in [7, 11) is 0. The molecule has 1 unspecified atom stereocenters. The Hall–Kier alpha value is -2.69. The lowest BCUT2D eigenvalue weighted by atomic mass is 10.1. The van der Waals surface area contributed by atoms with Gasteiger partial charge < -0.3 is 20.9 Å². The molecule has 1 aliphatic rings. The fourth-order valence-corrected chi connectivity index (χ4v) is 2.45. The van der Waals surface area contributed by atoms with Crippen molar-refractivity contribution in [3.63, 3.8) is 0 Å². The first-order chi connectivity index (χ1) is 10.1. The smallest absolute Gasteiger partial charge is 0.335 e. The highest BCUT2D eigenvalue weighted by Gasteiger charge is 2.22. The number of carboxylic acids is 1. The van der Waals surface area contributed by atoms with E-state index in [9.17, 15) is 4.79 Å². The molecule has 0 bridgehead atoms. The fourth-order valence-electron chi connectivity index (χ4n) is 2.45. The van der Waals surface area contributed by atoms with E-state index >= 15 is 0 Å². The number of hydrogen-bond donors (Lipinski definition) is 3. The van der Waals surface area contributed by atoms with Crippen LogP contribution in [0.15, 0.2) is 42.5 Å². The molecule has 1 aliphatic heterocycles. The topological polar surface area (TPSA) is 84.6 Å². The van der Waals surface area contributed by atoms with Gasteiger partial charge in [-0.15, -0.1) is 0 Å². The van der Waals surface area contributed by atoms with E-state index < -0.39 is 5.97 Å². The second-order valence-electron chi connectivity index (χ2n) is 5.04. The van der Waals surface area contributed by atoms with Crippen LogP contribution < -0.4 is 15.8 Å². The van der Waals surface area contributed by atoms with Crippen LogP contribution in [-0.2, 0) is 6.42 Å². The Labute approximate surface area is 122 Å². The van der Waals surface area contributed by atoms with Gasteiger partial charge in [0.05, 0.1) is 23.5 Å². The van der Waals surface area contributed by atoms with Crippen LogP contribution in [0.1, 0.15) is 15.9 Å². The van der Waals surface area contributed by atoms with Gasteiger partial charge in [0.1, 0.15) is 11.9 Å². The minimum Gasteiger partial charge on any atom is -0.488 e. The van der Waals surface area contributed by atoms with Crippen molar-refractivity contribution in [3.05, 3.63) is 53.6 Å². The summed E-state index contributed by atoms with van der Waals surface area (Å²) in [6.45, 7) is 0.616. The molecular formula is C16H16N2O3. The standard InChI is InChI=1S/C16H16N2O3/c17-13-8-11(16(19)20)5-6-14(13)18-9-12-7-10-3-1-2-4-15(10)21-12/h1-6,8,12,18H,7,9,17H2,(H,19,20). The number of aromatic carboxylic acids is 1. The van der Waals surface area contributed by atoms with E-state index in [-0.39, 0.29) is 11.7 Å². The van der Waals surface area contributed by atoms with Crippen molar-refractivity contribution in [2.45, 2.75) is 12.5 Å². The van der Waals surface area contributed by atoms with Crippen LogP contribution in [-0.4, -0.2) is 23.7 Å². The van der Waals surface area contributed by atoms with E-state index in [1.165, 1.54) is 17.7 Å². The van der Waals surface area contributed by atoms with Crippen LogP contribution in [0, 0.1) is 0 Å². The normalized spacial score (nSPS) is 16.1. The summed E-state index contributed by atoms with van der Waals surface area (Å²) in [5, 5.41) is 12.1. The van der Waals surface area contributed by atoms with Crippen LogP contribution in [0.5, 0.6) is 5.75 Å². The average Bonchev–Trinajstić information content (AvgIpc) is 2.88. The molecule has 0 aromatic heterocycles. The summed E-state index contributed by atoms with van der Waals surface area (Å²) in [5.74, 6) is -0.0543. The summed E-state index contributed by atoms with van der Waals surface area (Å²) in [4.78, 5) is 10.9. The highest BCUT2D eigenvalue weighted by Crippen LogP contribution is 2.28. The van der Waals surface area contributed by atoms with Gasteiger partial charge >= 0.3 is 5.97 Å². The predicted molar refractivity (Wildman–Crippen MR) is 80.9 cm³/mol. The van der Waals surface area contributed by atoms with Crippen molar-refractivity contribution in [1.82, 2.24) is 0 Å². The molecule has 2 aromatic rings. The number of nitrogen functional groups attached to an aromatic ring is 1. The van der Waals surface area contributed by atoms with Crippen molar-refractivity contribution in [2.24, 2.45) is 0 Å². The molecule has 0 fully saturated rings. The van der Waals surface area contributed by atoms with Crippen LogP contribution in [0.4, 0.5) is 11.4 Å². The van der Waals surface area contributed by atoms with Gasteiger partial charge in [-0.25, -0.2) is 4.79 Å². The minimum absolute atomic E-state index is 0.0564. The number of ether oxygens (including phenoxy) is 1. The van der Waals surface area contributed by atoms with E-state index in [0.717, 1.165) is 17.9 Å². The summed E-state index contributed by atoms with van der Waals surface area (Å²) in [6.07, 6.45) is 0.914. The van der Waals surface area contributed by atoms with Crippen molar-refractivity contribution in [1.29, 1.82) is 0 Å². The first-order valence-corrected chi connectivity index (χ1v) is 6.75.